The van der Waals surface area contributed by atoms with Gasteiger partial charge in [0.2, 0.25) is 5.91 Å². The number of rotatable bonds is 6. The zero-order valence-electron chi connectivity index (χ0n) is 19.0. The second-order valence-electron chi connectivity index (χ2n) is 8.77. The largest absolute Gasteiger partial charge is 0.490 e. The molecule has 34 heavy (non-hydrogen) atoms. The molecule has 0 radical (unpaired) electrons. The van der Waals surface area contributed by atoms with Gasteiger partial charge in [0, 0.05) is 18.9 Å². The number of halogens is 1. The predicted octanol–water partition coefficient (Wildman–Crippen LogP) is 4.84. The first-order chi connectivity index (χ1) is 16.5. The lowest BCUT2D eigenvalue weighted by Crippen LogP contribution is -2.47. The van der Waals surface area contributed by atoms with Gasteiger partial charge in [-0.05, 0) is 47.4 Å². The molecule has 0 bridgehead atoms. The Bertz CT molecular complexity index is 1200. The van der Waals surface area contributed by atoms with Crippen molar-refractivity contribution in [3.63, 3.8) is 0 Å². The first kappa shape index (κ1) is 22.3. The summed E-state index contributed by atoms with van der Waals surface area (Å²) in [6, 6.07) is 20.4. The summed E-state index contributed by atoms with van der Waals surface area (Å²) >= 11 is 0. The van der Waals surface area contributed by atoms with Crippen molar-refractivity contribution in [1.82, 2.24) is 4.90 Å². The van der Waals surface area contributed by atoms with Crippen LogP contribution in [0.15, 0.2) is 66.7 Å². The molecule has 1 atom stereocenters. The van der Waals surface area contributed by atoms with Gasteiger partial charge in [-0.3, -0.25) is 9.59 Å². The standard InChI is InChI=1S/C28H26FNO4/c1-18(31)25-14-19(29)10-11-27(25)34-17-20-16-30(12-13-33-20)28(32)15-26-23-8-4-2-6-21(23)22-7-3-5-9-24(22)26/h2-11,14,20,26H,12-13,15-17H2,1H3. The summed E-state index contributed by atoms with van der Waals surface area (Å²) in [5, 5.41) is 0. The normalized spacial score (nSPS) is 17.2. The van der Waals surface area contributed by atoms with E-state index in [0.717, 1.165) is 0 Å². The molecule has 1 unspecified atom stereocenters. The van der Waals surface area contributed by atoms with E-state index in [1.54, 1.807) is 0 Å². The third-order valence-corrected chi connectivity index (χ3v) is 6.58. The number of morpholine rings is 1. The number of hydrogen-bond acceptors (Lipinski definition) is 4. The maximum absolute atomic E-state index is 13.5. The monoisotopic (exact) mass is 459 g/mol. The van der Waals surface area contributed by atoms with E-state index in [4.69, 9.17) is 9.47 Å². The first-order valence-electron chi connectivity index (χ1n) is 11.5. The number of nitrogens with zero attached hydrogens (tertiary/aromatic N) is 1. The summed E-state index contributed by atoms with van der Waals surface area (Å²) in [5.74, 6) is -0.322. The molecule has 1 heterocycles. The molecule has 174 valence electrons. The molecule has 1 aliphatic carbocycles. The summed E-state index contributed by atoms with van der Waals surface area (Å²) in [5.41, 5.74) is 4.98. The van der Waals surface area contributed by atoms with E-state index in [1.807, 2.05) is 29.2 Å². The van der Waals surface area contributed by atoms with Gasteiger partial charge < -0.3 is 14.4 Å². The Kier molecular flexibility index (Phi) is 6.16. The Morgan fingerprint density at radius 2 is 1.71 bits per heavy atom. The van der Waals surface area contributed by atoms with Gasteiger partial charge in [-0.1, -0.05) is 48.5 Å². The molecule has 2 aliphatic rings. The average molecular weight is 460 g/mol. The van der Waals surface area contributed by atoms with Gasteiger partial charge in [0.1, 0.15) is 24.3 Å². The van der Waals surface area contributed by atoms with E-state index < -0.39 is 5.82 Å². The Labute approximate surface area is 198 Å². The lowest BCUT2D eigenvalue weighted by molar-refractivity contribution is -0.140. The number of hydrogen-bond donors (Lipinski definition) is 0. The summed E-state index contributed by atoms with van der Waals surface area (Å²) in [6.07, 6.45) is 0.0688. The van der Waals surface area contributed by atoms with E-state index >= 15 is 0 Å². The Morgan fingerprint density at radius 1 is 1.03 bits per heavy atom. The van der Waals surface area contributed by atoms with E-state index in [2.05, 4.69) is 24.3 Å². The van der Waals surface area contributed by atoms with Gasteiger partial charge in [-0.25, -0.2) is 4.39 Å². The Balaban J connectivity index is 1.25. The zero-order valence-corrected chi connectivity index (χ0v) is 19.0. The molecule has 1 fully saturated rings. The van der Waals surface area contributed by atoms with Crippen LogP contribution >= 0.6 is 0 Å². The van der Waals surface area contributed by atoms with Gasteiger partial charge in [-0.15, -0.1) is 0 Å². The fourth-order valence-corrected chi connectivity index (χ4v) is 4.92. The quantitative estimate of drug-likeness (QED) is 0.495. The van der Waals surface area contributed by atoms with Crippen LogP contribution in [0.5, 0.6) is 5.75 Å². The van der Waals surface area contributed by atoms with E-state index in [9.17, 15) is 14.0 Å². The van der Waals surface area contributed by atoms with Crippen LogP contribution in [0.4, 0.5) is 4.39 Å². The van der Waals surface area contributed by atoms with Crippen LogP contribution in [0.2, 0.25) is 0 Å². The minimum absolute atomic E-state index is 0.0368. The number of carbonyl (C=O) groups is 2. The average Bonchev–Trinajstić information content (AvgIpc) is 3.17. The molecular formula is C28H26FNO4. The van der Waals surface area contributed by atoms with E-state index in [1.165, 1.54) is 47.4 Å². The van der Waals surface area contributed by atoms with Gasteiger partial charge in [0.15, 0.2) is 5.78 Å². The number of Topliss-reactive ketones (excluding diaryl/α,β-unsaturated/α-hetero) is 1. The molecular weight excluding hydrogens is 433 g/mol. The highest BCUT2D eigenvalue weighted by molar-refractivity contribution is 5.96. The molecule has 5 rings (SSSR count). The number of ketones is 1. The van der Waals surface area contributed by atoms with Gasteiger partial charge in [0.25, 0.3) is 0 Å². The maximum Gasteiger partial charge on any atom is 0.223 e. The summed E-state index contributed by atoms with van der Waals surface area (Å²) in [6.45, 7) is 2.90. The lowest BCUT2D eigenvalue weighted by atomic mass is 9.93. The topological polar surface area (TPSA) is 55.8 Å². The Hall–Kier alpha value is -3.51. The summed E-state index contributed by atoms with van der Waals surface area (Å²) in [4.78, 5) is 27.0. The molecule has 5 nitrogen and oxygen atoms in total. The van der Waals surface area contributed by atoms with E-state index in [0.29, 0.717) is 31.9 Å². The number of benzene rings is 3. The molecule has 1 amide bonds. The molecule has 0 aromatic heterocycles. The van der Waals surface area contributed by atoms with Crippen LogP contribution < -0.4 is 4.74 Å². The van der Waals surface area contributed by atoms with Gasteiger partial charge in [0.05, 0.1) is 18.7 Å². The third-order valence-electron chi connectivity index (χ3n) is 6.58. The van der Waals surface area contributed by atoms with Crippen molar-refractivity contribution in [2.45, 2.75) is 25.4 Å². The van der Waals surface area contributed by atoms with Crippen molar-refractivity contribution < 1.29 is 23.5 Å². The third kappa shape index (κ3) is 4.33. The molecule has 3 aromatic carbocycles. The Morgan fingerprint density at radius 3 is 2.38 bits per heavy atom. The smallest absolute Gasteiger partial charge is 0.223 e. The van der Waals surface area contributed by atoms with Crippen molar-refractivity contribution in [3.8, 4) is 16.9 Å². The SMILES string of the molecule is CC(=O)c1cc(F)ccc1OCC1CN(C(=O)CC2c3ccccc3-c3ccccc32)CCO1. The summed E-state index contributed by atoms with van der Waals surface area (Å²) < 4.78 is 25.1. The maximum atomic E-state index is 13.5. The van der Waals surface area contributed by atoms with Crippen LogP contribution in [0, 0.1) is 5.82 Å². The number of amides is 1. The molecule has 6 heteroatoms. The van der Waals surface area contributed by atoms with Crippen LogP contribution in [0.3, 0.4) is 0 Å². The minimum Gasteiger partial charge on any atom is -0.490 e. The number of fused-ring (bicyclic) bond motifs is 3. The lowest BCUT2D eigenvalue weighted by Gasteiger charge is -2.33. The van der Waals surface area contributed by atoms with Crippen LogP contribution in [-0.2, 0) is 9.53 Å². The molecule has 0 spiro atoms. The fourth-order valence-electron chi connectivity index (χ4n) is 4.92. The van der Waals surface area contributed by atoms with Crippen molar-refractivity contribution in [1.29, 1.82) is 0 Å². The van der Waals surface area contributed by atoms with Crippen LogP contribution in [0.25, 0.3) is 11.1 Å². The molecule has 0 N–H and O–H groups in total. The number of carbonyl (C=O) groups excluding carboxylic acids is 2. The van der Waals surface area contributed by atoms with Crippen molar-refractivity contribution >= 4 is 11.7 Å². The predicted molar refractivity (Wildman–Crippen MR) is 127 cm³/mol. The molecule has 1 saturated heterocycles. The highest BCUT2D eigenvalue weighted by atomic mass is 19.1. The minimum atomic E-state index is -0.488. The highest BCUT2D eigenvalue weighted by Crippen LogP contribution is 2.46. The van der Waals surface area contributed by atoms with Gasteiger partial charge >= 0.3 is 0 Å². The van der Waals surface area contributed by atoms with Crippen LogP contribution in [0.1, 0.15) is 40.7 Å². The van der Waals surface area contributed by atoms with Crippen molar-refractivity contribution in [2.75, 3.05) is 26.3 Å². The highest BCUT2D eigenvalue weighted by Gasteiger charge is 2.32. The van der Waals surface area contributed by atoms with Crippen molar-refractivity contribution in [3.05, 3.63) is 89.2 Å². The fraction of sp³-hybridized carbons (Fsp3) is 0.286. The second kappa shape index (κ2) is 9.39. The van der Waals surface area contributed by atoms with Crippen molar-refractivity contribution in [2.24, 2.45) is 0 Å². The molecule has 3 aromatic rings. The van der Waals surface area contributed by atoms with Gasteiger partial charge in [-0.2, -0.15) is 0 Å². The number of ether oxygens (including phenoxy) is 2. The molecule has 0 saturated carbocycles. The van der Waals surface area contributed by atoms with E-state index in [-0.39, 0.29) is 35.9 Å². The second-order valence-corrected chi connectivity index (χ2v) is 8.77. The van der Waals surface area contributed by atoms with Crippen LogP contribution in [-0.4, -0.2) is 49.0 Å². The molecule has 1 aliphatic heterocycles. The first-order valence-corrected chi connectivity index (χ1v) is 11.5. The zero-order chi connectivity index (χ0) is 23.7. The summed E-state index contributed by atoms with van der Waals surface area (Å²) in [7, 11) is 0.